The number of fused-ring (bicyclic) bond motifs is 1. The van der Waals surface area contributed by atoms with Crippen molar-refractivity contribution in [3.63, 3.8) is 0 Å². The molecule has 0 spiro atoms. The Morgan fingerprint density at radius 2 is 2.16 bits per heavy atom. The van der Waals surface area contributed by atoms with Crippen LogP contribution in [0.3, 0.4) is 0 Å². The van der Waals surface area contributed by atoms with Crippen LogP contribution >= 0.6 is 0 Å². The summed E-state index contributed by atoms with van der Waals surface area (Å²) in [6.45, 7) is 8.34. The summed E-state index contributed by atoms with van der Waals surface area (Å²) in [5.41, 5.74) is 9.63. The van der Waals surface area contributed by atoms with Gasteiger partial charge in [-0.2, -0.15) is 0 Å². The van der Waals surface area contributed by atoms with Crippen LogP contribution in [0, 0.1) is 17.7 Å². The van der Waals surface area contributed by atoms with Gasteiger partial charge in [-0.05, 0) is 37.8 Å². The first-order valence-electron chi connectivity index (χ1n) is 7.09. The minimum absolute atomic E-state index is 0.206. The molecule has 104 valence electrons. The summed E-state index contributed by atoms with van der Waals surface area (Å²) in [6, 6.07) is 6.73. The molecule has 0 bridgehead atoms. The van der Waals surface area contributed by atoms with Gasteiger partial charge in [0.25, 0.3) is 0 Å². The van der Waals surface area contributed by atoms with Gasteiger partial charge in [0.2, 0.25) is 0 Å². The van der Waals surface area contributed by atoms with Crippen LogP contribution in [-0.4, -0.2) is 18.9 Å². The quantitative estimate of drug-likeness (QED) is 0.645. The van der Waals surface area contributed by atoms with Gasteiger partial charge in [0.05, 0.1) is 5.84 Å². The van der Waals surface area contributed by atoms with Crippen LogP contribution < -0.4 is 10.6 Å². The molecule has 1 aromatic carbocycles. The van der Waals surface area contributed by atoms with E-state index in [1.54, 1.807) is 0 Å². The summed E-state index contributed by atoms with van der Waals surface area (Å²) >= 11 is 0. The van der Waals surface area contributed by atoms with E-state index in [-0.39, 0.29) is 11.3 Å². The van der Waals surface area contributed by atoms with Crippen molar-refractivity contribution in [2.75, 3.05) is 18.0 Å². The molecule has 0 aliphatic carbocycles. The normalized spacial score (nSPS) is 15.2. The van der Waals surface area contributed by atoms with Crippen molar-refractivity contribution in [2.45, 2.75) is 40.0 Å². The predicted molar refractivity (Wildman–Crippen MR) is 82.0 cm³/mol. The van der Waals surface area contributed by atoms with Crippen LogP contribution in [0.2, 0.25) is 0 Å². The maximum Gasteiger partial charge on any atom is 0.0963 e. The molecule has 0 fully saturated rings. The van der Waals surface area contributed by atoms with Gasteiger partial charge in [0.15, 0.2) is 0 Å². The smallest absolute Gasteiger partial charge is 0.0963 e. The van der Waals surface area contributed by atoms with E-state index in [4.69, 9.17) is 11.1 Å². The van der Waals surface area contributed by atoms with E-state index >= 15 is 0 Å². The Bertz CT molecular complexity index is 477. The number of aryl methyl sites for hydroxylation is 2. The van der Waals surface area contributed by atoms with Crippen LogP contribution in [0.1, 0.15) is 37.8 Å². The molecular weight excluding hydrogens is 234 g/mol. The van der Waals surface area contributed by atoms with E-state index in [0.29, 0.717) is 0 Å². The Balaban J connectivity index is 2.10. The molecule has 3 heteroatoms. The lowest BCUT2D eigenvalue weighted by Gasteiger charge is -2.34. The van der Waals surface area contributed by atoms with E-state index in [9.17, 15) is 0 Å². The molecule has 2 rings (SSSR count). The average Bonchev–Trinajstić information content (AvgIpc) is 2.35. The number of nitrogens with two attached hydrogens (primary N) is 1. The van der Waals surface area contributed by atoms with Crippen molar-refractivity contribution in [3.8, 4) is 0 Å². The topological polar surface area (TPSA) is 53.1 Å². The van der Waals surface area contributed by atoms with Gasteiger partial charge in [-0.25, -0.2) is 0 Å². The van der Waals surface area contributed by atoms with Gasteiger partial charge in [-0.15, -0.1) is 0 Å². The molecule has 0 saturated heterocycles. The average molecular weight is 259 g/mol. The highest BCUT2D eigenvalue weighted by Crippen LogP contribution is 2.30. The van der Waals surface area contributed by atoms with E-state index in [0.717, 1.165) is 19.5 Å². The summed E-state index contributed by atoms with van der Waals surface area (Å²) in [5.74, 6) is 0.286. The van der Waals surface area contributed by atoms with Crippen LogP contribution in [0.25, 0.3) is 0 Å². The molecule has 0 atom stereocenters. The zero-order valence-corrected chi connectivity index (χ0v) is 12.3. The summed E-state index contributed by atoms with van der Waals surface area (Å²) in [5, 5.41) is 7.65. The van der Waals surface area contributed by atoms with Crippen molar-refractivity contribution < 1.29 is 0 Å². The van der Waals surface area contributed by atoms with E-state index in [1.165, 1.54) is 29.7 Å². The molecule has 3 N–H and O–H groups in total. The number of hydrogen-bond acceptors (Lipinski definition) is 2. The minimum Gasteiger partial charge on any atom is -0.387 e. The zero-order chi connectivity index (χ0) is 14.0. The molecule has 1 aliphatic heterocycles. The third-order valence-corrected chi connectivity index (χ3v) is 4.19. The number of amidine groups is 1. The zero-order valence-electron chi connectivity index (χ0n) is 12.3. The Kier molecular flexibility index (Phi) is 3.83. The number of hydrogen-bond donors (Lipinski definition) is 2. The first-order chi connectivity index (χ1) is 8.90. The van der Waals surface area contributed by atoms with Gasteiger partial charge in [0, 0.05) is 24.2 Å². The number of anilines is 1. The summed E-state index contributed by atoms with van der Waals surface area (Å²) in [6.07, 6.45) is 3.33. The van der Waals surface area contributed by atoms with Gasteiger partial charge in [0.1, 0.15) is 0 Å². The van der Waals surface area contributed by atoms with Gasteiger partial charge in [-0.3, -0.25) is 5.41 Å². The first kappa shape index (κ1) is 13.9. The van der Waals surface area contributed by atoms with Crippen molar-refractivity contribution >= 4 is 11.5 Å². The van der Waals surface area contributed by atoms with E-state index in [2.05, 4.69) is 43.9 Å². The van der Waals surface area contributed by atoms with Crippen LogP contribution in [0.15, 0.2) is 18.2 Å². The number of rotatable bonds is 4. The molecule has 0 saturated carbocycles. The lowest BCUT2D eigenvalue weighted by Crippen LogP contribution is -2.37. The fourth-order valence-electron chi connectivity index (χ4n) is 2.59. The summed E-state index contributed by atoms with van der Waals surface area (Å²) < 4.78 is 0. The fraction of sp³-hybridized carbons (Fsp3) is 0.562. The molecule has 19 heavy (non-hydrogen) atoms. The lowest BCUT2D eigenvalue weighted by atomic mass is 9.87. The molecule has 0 amide bonds. The van der Waals surface area contributed by atoms with Gasteiger partial charge < -0.3 is 10.6 Å². The Labute approximate surface area is 116 Å². The Morgan fingerprint density at radius 3 is 2.84 bits per heavy atom. The second-order valence-corrected chi connectivity index (χ2v) is 6.27. The Hall–Kier alpha value is -1.51. The number of nitrogens with one attached hydrogen (secondary N) is 1. The first-order valence-corrected chi connectivity index (χ1v) is 7.09. The molecule has 0 aromatic heterocycles. The second kappa shape index (κ2) is 5.24. The molecule has 0 unspecified atom stereocenters. The van der Waals surface area contributed by atoms with E-state index in [1.807, 2.05) is 0 Å². The molecule has 1 heterocycles. The SMILES string of the molecule is Cc1ccc2c(c1)CCCN2CCC(C)(C)C(=N)N. The third-order valence-electron chi connectivity index (χ3n) is 4.19. The largest absolute Gasteiger partial charge is 0.387 e. The van der Waals surface area contributed by atoms with Gasteiger partial charge >= 0.3 is 0 Å². The summed E-state index contributed by atoms with van der Waals surface area (Å²) in [7, 11) is 0. The molecule has 1 aromatic rings. The Morgan fingerprint density at radius 1 is 1.42 bits per heavy atom. The summed E-state index contributed by atoms with van der Waals surface area (Å²) in [4.78, 5) is 2.45. The van der Waals surface area contributed by atoms with Crippen molar-refractivity contribution in [1.29, 1.82) is 5.41 Å². The standard InChI is InChI=1S/C16H25N3/c1-12-6-7-14-13(11-12)5-4-9-19(14)10-8-16(2,3)15(17)18/h6-7,11H,4-5,8-10H2,1-3H3,(H3,17,18). The molecule has 0 radical (unpaired) electrons. The maximum absolute atomic E-state index is 7.65. The molecule has 1 aliphatic rings. The second-order valence-electron chi connectivity index (χ2n) is 6.27. The predicted octanol–water partition coefficient (Wildman–Crippen LogP) is 3.10. The number of benzene rings is 1. The van der Waals surface area contributed by atoms with Crippen LogP contribution in [0.5, 0.6) is 0 Å². The minimum atomic E-state index is -0.206. The lowest BCUT2D eigenvalue weighted by molar-refractivity contribution is 0.462. The van der Waals surface area contributed by atoms with Gasteiger partial charge in [-0.1, -0.05) is 31.5 Å². The van der Waals surface area contributed by atoms with Crippen LogP contribution in [0.4, 0.5) is 5.69 Å². The fourth-order valence-corrected chi connectivity index (χ4v) is 2.59. The van der Waals surface area contributed by atoms with E-state index < -0.39 is 0 Å². The third kappa shape index (κ3) is 3.09. The van der Waals surface area contributed by atoms with Crippen molar-refractivity contribution in [2.24, 2.45) is 11.1 Å². The molecule has 3 nitrogen and oxygen atoms in total. The maximum atomic E-state index is 7.65. The number of nitrogens with zero attached hydrogens (tertiary/aromatic N) is 1. The molecular formula is C16H25N3. The van der Waals surface area contributed by atoms with Crippen molar-refractivity contribution in [3.05, 3.63) is 29.3 Å². The highest BCUT2D eigenvalue weighted by atomic mass is 15.1. The highest BCUT2D eigenvalue weighted by Gasteiger charge is 2.24. The van der Waals surface area contributed by atoms with Crippen molar-refractivity contribution in [1.82, 2.24) is 0 Å². The van der Waals surface area contributed by atoms with Crippen LogP contribution in [-0.2, 0) is 6.42 Å². The monoisotopic (exact) mass is 259 g/mol. The highest BCUT2D eigenvalue weighted by molar-refractivity contribution is 5.82.